The third kappa shape index (κ3) is 7.04. The number of benzene rings is 3. The zero-order chi connectivity index (χ0) is 28.7. The topological polar surface area (TPSA) is 80.2 Å². The Morgan fingerprint density at radius 1 is 0.976 bits per heavy atom. The Bertz CT molecular complexity index is 1360. The van der Waals surface area contributed by atoms with Crippen LogP contribution in [0.25, 0.3) is 0 Å². The molecule has 1 heterocycles. The highest BCUT2D eigenvalue weighted by atomic mass is 79.9. The molecule has 1 amide bonds. The van der Waals surface area contributed by atoms with Crippen LogP contribution in [0.15, 0.2) is 86.7 Å². The summed E-state index contributed by atoms with van der Waals surface area (Å²) in [7, 11) is 0. The number of nitrogens with zero attached hydrogens (tertiary/aromatic N) is 1. The molecule has 1 aliphatic carbocycles. The summed E-state index contributed by atoms with van der Waals surface area (Å²) in [5.41, 5.74) is 1.40. The van der Waals surface area contributed by atoms with Crippen molar-refractivity contribution in [2.75, 3.05) is 19.8 Å². The molecule has 0 spiro atoms. The van der Waals surface area contributed by atoms with Crippen molar-refractivity contribution in [2.24, 2.45) is 10.9 Å². The van der Waals surface area contributed by atoms with Gasteiger partial charge in [0.2, 0.25) is 5.90 Å². The summed E-state index contributed by atoms with van der Waals surface area (Å²) in [6, 6.07) is 23.4. The summed E-state index contributed by atoms with van der Waals surface area (Å²) in [5, 5.41) is 12.4. The van der Waals surface area contributed by atoms with Gasteiger partial charge in [0.25, 0.3) is 5.91 Å². The zero-order valence-electron chi connectivity index (χ0n) is 23.0. The number of ether oxygens (including phenoxy) is 2. The molecule has 5 rings (SSSR count). The van der Waals surface area contributed by atoms with Crippen molar-refractivity contribution in [1.29, 1.82) is 0 Å². The first-order chi connectivity index (χ1) is 20.0. The number of aliphatic imine (C=N–C) groups is 1. The first-order valence-corrected chi connectivity index (χ1v) is 16.0. The highest BCUT2D eigenvalue weighted by molar-refractivity contribution is 9.10. The maximum Gasteiger partial charge on any atom is 0.252 e. The number of halogens is 2. The van der Waals surface area contributed by atoms with Gasteiger partial charge in [0.1, 0.15) is 5.75 Å². The van der Waals surface area contributed by atoms with Crippen molar-refractivity contribution in [3.63, 3.8) is 0 Å². The molecule has 6 nitrogen and oxygen atoms in total. The number of aliphatic hydroxyl groups is 1. The van der Waals surface area contributed by atoms with E-state index >= 15 is 0 Å². The second-order valence-corrected chi connectivity index (χ2v) is 12.5. The second kappa shape index (κ2) is 14.0. The van der Waals surface area contributed by atoms with Gasteiger partial charge in [-0.15, -0.1) is 0 Å². The van der Waals surface area contributed by atoms with Gasteiger partial charge >= 0.3 is 0 Å². The fraction of sp³-hybridized carbons (Fsp3) is 0.394. The first-order valence-electron chi connectivity index (χ1n) is 14.4. The number of carbonyl (C=O) groups excluding carboxylic acids is 1. The molecule has 0 saturated heterocycles. The lowest BCUT2D eigenvalue weighted by atomic mass is 9.81. The maximum atomic E-state index is 14.4. The third-order valence-corrected chi connectivity index (χ3v) is 9.41. The molecule has 2 atom stereocenters. The highest BCUT2D eigenvalue weighted by Gasteiger charge is 2.54. The molecule has 1 fully saturated rings. The molecule has 2 N–H and O–H groups in total. The minimum absolute atomic E-state index is 0.0849. The Balaban J connectivity index is 1.54. The number of nitrogens with one attached hydrogen (secondary N) is 1. The van der Waals surface area contributed by atoms with Gasteiger partial charge in [-0.1, -0.05) is 87.5 Å². The largest absolute Gasteiger partial charge is 0.494 e. The van der Waals surface area contributed by atoms with Crippen LogP contribution in [-0.4, -0.2) is 42.2 Å². The molecule has 0 bridgehead atoms. The fourth-order valence-electron chi connectivity index (χ4n) is 5.66. The van der Waals surface area contributed by atoms with Crippen LogP contribution in [0.4, 0.5) is 0 Å². The van der Waals surface area contributed by atoms with E-state index < -0.39 is 11.6 Å². The number of hydrogen-bond donors (Lipinski definition) is 2. The van der Waals surface area contributed by atoms with Gasteiger partial charge in [0.05, 0.1) is 6.61 Å². The quantitative estimate of drug-likeness (QED) is 0.210. The van der Waals surface area contributed by atoms with Gasteiger partial charge in [-0.05, 0) is 60.7 Å². The van der Waals surface area contributed by atoms with Crippen molar-refractivity contribution in [3.05, 3.63) is 98.4 Å². The van der Waals surface area contributed by atoms with Crippen molar-refractivity contribution < 1.29 is 19.4 Å². The Kier molecular flexibility index (Phi) is 10.2. The Labute approximate surface area is 258 Å². The molecule has 0 unspecified atom stereocenters. The monoisotopic (exact) mass is 682 g/mol. The Morgan fingerprint density at radius 3 is 2.39 bits per heavy atom. The van der Waals surface area contributed by atoms with E-state index in [1.807, 2.05) is 72.8 Å². The predicted molar refractivity (Wildman–Crippen MR) is 168 cm³/mol. The minimum atomic E-state index is -1.23. The van der Waals surface area contributed by atoms with Gasteiger partial charge in [-0.2, -0.15) is 0 Å². The zero-order valence-corrected chi connectivity index (χ0v) is 26.2. The standard InChI is InChI=1S/C33H36Br2N2O4/c34-28-13-6-4-11-25(28)21-33(32(39)36-22-23-9-2-1-3-10-23)30(27-12-5-7-14-29(27)35)41-31(37-33)24-15-17-26(18-16-24)40-20-8-19-38/h4-7,11-18,23,30,38H,1-3,8-10,19-22H2,(H,36,39)/t30-,33-/m1/s1. The molecule has 3 aromatic carbocycles. The molecule has 1 saturated carbocycles. The highest BCUT2D eigenvalue weighted by Crippen LogP contribution is 2.45. The van der Waals surface area contributed by atoms with Crippen molar-refractivity contribution in [3.8, 4) is 5.75 Å². The molecular weight excluding hydrogens is 648 g/mol. The Morgan fingerprint density at radius 2 is 1.68 bits per heavy atom. The van der Waals surface area contributed by atoms with Gasteiger partial charge < -0.3 is 19.9 Å². The molecule has 0 aromatic heterocycles. The van der Waals surface area contributed by atoms with E-state index in [2.05, 4.69) is 37.2 Å². The predicted octanol–water partition coefficient (Wildman–Crippen LogP) is 7.17. The second-order valence-electron chi connectivity index (χ2n) is 10.8. The SMILES string of the molecule is O=C(NCC1CCCCC1)[C@]1(Cc2ccccc2Br)N=C(c2ccc(OCCCO)cc2)O[C@@H]1c1ccccc1Br. The molecule has 41 heavy (non-hydrogen) atoms. The average molecular weight is 684 g/mol. The van der Waals surface area contributed by atoms with Crippen LogP contribution in [0, 0.1) is 5.92 Å². The summed E-state index contributed by atoms with van der Waals surface area (Å²) in [4.78, 5) is 19.6. The third-order valence-electron chi connectivity index (χ3n) is 7.91. The molecule has 0 radical (unpaired) electrons. The van der Waals surface area contributed by atoms with Crippen LogP contribution in [0.5, 0.6) is 5.75 Å². The summed E-state index contributed by atoms with van der Waals surface area (Å²) in [6.07, 6.45) is 6.27. The van der Waals surface area contributed by atoms with Crippen LogP contribution in [0.2, 0.25) is 0 Å². The molecule has 8 heteroatoms. The van der Waals surface area contributed by atoms with E-state index in [0.717, 1.165) is 38.5 Å². The molecule has 3 aromatic rings. The lowest BCUT2D eigenvalue weighted by Crippen LogP contribution is -2.51. The van der Waals surface area contributed by atoms with E-state index in [1.54, 1.807) is 0 Å². The number of aliphatic hydroxyl groups excluding tert-OH is 1. The minimum Gasteiger partial charge on any atom is -0.494 e. The molecule has 216 valence electrons. The van der Waals surface area contributed by atoms with Crippen LogP contribution >= 0.6 is 31.9 Å². The van der Waals surface area contributed by atoms with Crippen molar-refractivity contribution in [2.45, 2.75) is 56.6 Å². The number of rotatable bonds is 11. The van der Waals surface area contributed by atoms with Gasteiger partial charge in [0.15, 0.2) is 11.6 Å². The van der Waals surface area contributed by atoms with Crippen LogP contribution in [0.1, 0.15) is 61.3 Å². The molecular formula is C33H36Br2N2O4. The average Bonchev–Trinajstić information content (AvgIpc) is 3.38. The van der Waals surface area contributed by atoms with E-state index in [1.165, 1.54) is 19.3 Å². The van der Waals surface area contributed by atoms with E-state index in [-0.39, 0.29) is 12.5 Å². The summed E-state index contributed by atoms with van der Waals surface area (Å²) in [5.74, 6) is 1.48. The van der Waals surface area contributed by atoms with Crippen LogP contribution in [-0.2, 0) is 16.0 Å². The van der Waals surface area contributed by atoms with Gasteiger partial charge in [0, 0.05) is 46.1 Å². The summed E-state index contributed by atoms with van der Waals surface area (Å²) in [6.45, 7) is 1.17. The van der Waals surface area contributed by atoms with Gasteiger partial charge in [-0.25, -0.2) is 4.99 Å². The molecule has 2 aliphatic rings. The smallest absolute Gasteiger partial charge is 0.252 e. The van der Waals surface area contributed by atoms with Crippen LogP contribution in [0.3, 0.4) is 0 Å². The van der Waals surface area contributed by atoms with Crippen molar-refractivity contribution >= 4 is 43.7 Å². The first kappa shape index (κ1) is 29.8. The lowest BCUT2D eigenvalue weighted by molar-refractivity contribution is -0.129. The number of amides is 1. The number of hydrogen-bond acceptors (Lipinski definition) is 5. The fourth-order valence-corrected chi connectivity index (χ4v) is 6.58. The molecule has 1 aliphatic heterocycles. The summed E-state index contributed by atoms with van der Waals surface area (Å²) < 4.78 is 14.2. The normalized spacial score (nSPS) is 20.8. The van der Waals surface area contributed by atoms with Crippen LogP contribution < -0.4 is 10.1 Å². The van der Waals surface area contributed by atoms with E-state index in [0.29, 0.717) is 43.6 Å². The van der Waals surface area contributed by atoms with Gasteiger partial charge in [-0.3, -0.25) is 4.79 Å². The Hall–Kier alpha value is -2.68. The number of carbonyl (C=O) groups is 1. The lowest BCUT2D eigenvalue weighted by Gasteiger charge is -2.32. The van der Waals surface area contributed by atoms with E-state index in [9.17, 15) is 4.79 Å². The maximum absolute atomic E-state index is 14.4. The van der Waals surface area contributed by atoms with Crippen molar-refractivity contribution in [1.82, 2.24) is 5.32 Å². The summed E-state index contributed by atoms with van der Waals surface area (Å²) >= 11 is 7.42. The van der Waals surface area contributed by atoms with E-state index in [4.69, 9.17) is 19.6 Å².